The van der Waals surface area contributed by atoms with Crippen LogP contribution in [0.15, 0.2) is 40.6 Å². The molecule has 0 spiro atoms. The second-order valence-electron chi connectivity index (χ2n) is 3.58. The third-order valence-corrected chi connectivity index (χ3v) is 2.44. The molecule has 0 aliphatic carbocycles. The fourth-order valence-corrected chi connectivity index (χ4v) is 1.49. The molecule has 2 aromatic rings. The van der Waals surface area contributed by atoms with Gasteiger partial charge in [0, 0.05) is 0 Å². The van der Waals surface area contributed by atoms with E-state index in [1.54, 1.807) is 6.92 Å². The van der Waals surface area contributed by atoms with Gasteiger partial charge < -0.3 is 4.98 Å². The molecule has 1 N–H and O–H groups in total. The lowest BCUT2D eigenvalue weighted by molar-refractivity contribution is 1.17. The molecule has 0 saturated heterocycles. The highest BCUT2D eigenvalue weighted by atomic mass is 15.2. The number of azo groups is 1. The van der Waals surface area contributed by atoms with Crippen LogP contribution in [-0.2, 0) is 0 Å². The van der Waals surface area contributed by atoms with E-state index in [1.807, 2.05) is 36.4 Å². The van der Waals surface area contributed by atoms with Crippen LogP contribution >= 0.6 is 0 Å². The molecule has 0 saturated carbocycles. The van der Waals surface area contributed by atoms with Crippen molar-refractivity contribution in [3.63, 3.8) is 0 Å². The third-order valence-electron chi connectivity index (χ3n) is 2.44. The molecule has 0 fully saturated rings. The summed E-state index contributed by atoms with van der Waals surface area (Å²) in [7, 11) is 0. The largest absolute Gasteiger partial charge is 0.340 e. The van der Waals surface area contributed by atoms with E-state index in [-0.39, 0.29) is 0 Å². The Balaban J connectivity index is 2.39. The van der Waals surface area contributed by atoms with Crippen molar-refractivity contribution >= 4 is 17.2 Å². The van der Waals surface area contributed by atoms with Crippen LogP contribution in [-0.4, -0.2) is 4.98 Å². The highest BCUT2D eigenvalue weighted by Gasteiger charge is 2.13. The molecular formula is C13H9N5. The van der Waals surface area contributed by atoms with E-state index in [1.165, 1.54) is 0 Å². The van der Waals surface area contributed by atoms with Gasteiger partial charge in [-0.2, -0.15) is 10.4 Å². The van der Waals surface area contributed by atoms with Gasteiger partial charge in [0.15, 0.2) is 5.82 Å². The Morgan fingerprint density at radius 2 is 2.00 bits per heavy atom. The standard InChI is InChI=1S/C13H9N5/c1-9-11(8-14)16-13(12(9)15-2)18-17-10-6-4-3-5-7-10/h3-7,16H,1H3. The van der Waals surface area contributed by atoms with Gasteiger partial charge >= 0.3 is 0 Å². The normalized spacial score (nSPS) is 10.2. The van der Waals surface area contributed by atoms with E-state index in [4.69, 9.17) is 11.8 Å². The molecule has 0 aliphatic rings. The van der Waals surface area contributed by atoms with Gasteiger partial charge in [-0.15, -0.1) is 5.11 Å². The van der Waals surface area contributed by atoms with Gasteiger partial charge in [0.05, 0.1) is 12.3 Å². The molecule has 1 aromatic carbocycles. The van der Waals surface area contributed by atoms with E-state index in [2.05, 4.69) is 20.1 Å². The molecule has 86 valence electrons. The summed E-state index contributed by atoms with van der Waals surface area (Å²) >= 11 is 0. The van der Waals surface area contributed by atoms with Gasteiger partial charge in [0.25, 0.3) is 0 Å². The fraction of sp³-hybridized carbons (Fsp3) is 0.0769. The average molecular weight is 235 g/mol. The van der Waals surface area contributed by atoms with E-state index < -0.39 is 0 Å². The van der Waals surface area contributed by atoms with Crippen LogP contribution < -0.4 is 0 Å². The maximum absolute atomic E-state index is 8.88. The number of nitrogens with zero attached hydrogens (tertiary/aromatic N) is 4. The molecule has 1 aromatic heterocycles. The second-order valence-corrected chi connectivity index (χ2v) is 3.58. The minimum atomic E-state index is 0.322. The molecule has 5 heteroatoms. The summed E-state index contributed by atoms with van der Waals surface area (Å²) in [4.78, 5) is 6.15. The molecule has 0 radical (unpaired) electrons. The van der Waals surface area contributed by atoms with Gasteiger partial charge in [-0.25, -0.2) is 4.85 Å². The zero-order chi connectivity index (χ0) is 13.0. The lowest BCUT2D eigenvalue weighted by atomic mass is 10.2. The summed E-state index contributed by atoms with van der Waals surface area (Å²) < 4.78 is 0. The van der Waals surface area contributed by atoms with Crippen molar-refractivity contribution < 1.29 is 0 Å². The van der Waals surface area contributed by atoms with Crippen molar-refractivity contribution in [1.29, 1.82) is 5.26 Å². The third kappa shape index (κ3) is 2.11. The number of hydrogen-bond donors (Lipinski definition) is 1. The topological polar surface area (TPSA) is 68.7 Å². The SMILES string of the molecule is [C-]#[N+]c1c(N=Nc2ccccc2)[nH]c(C#N)c1C. The summed E-state index contributed by atoms with van der Waals surface area (Å²) in [5.74, 6) is 0.322. The molecule has 2 rings (SSSR count). The first kappa shape index (κ1) is 11.6. The summed E-state index contributed by atoms with van der Waals surface area (Å²) in [6.07, 6.45) is 0. The number of H-pyrrole nitrogens is 1. The van der Waals surface area contributed by atoms with E-state index in [0.29, 0.717) is 28.5 Å². The van der Waals surface area contributed by atoms with Gasteiger partial charge in [0.2, 0.25) is 5.69 Å². The molecule has 0 aliphatic heterocycles. The van der Waals surface area contributed by atoms with Crippen LogP contribution in [0.5, 0.6) is 0 Å². The monoisotopic (exact) mass is 235 g/mol. The predicted octanol–water partition coefficient (Wildman–Crippen LogP) is 4.16. The van der Waals surface area contributed by atoms with Gasteiger partial charge in [0.1, 0.15) is 11.8 Å². The van der Waals surface area contributed by atoms with Crippen LogP contribution in [0.3, 0.4) is 0 Å². The van der Waals surface area contributed by atoms with Crippen LogP contribution in [0.25, 0.3) is 4.85 Å². The molecule has 0 amide bonds. The fourth-order valence-electron chi connectivity index (χ4n) is 1.49. The first-order valence-corrected chi connectivity index (χ1v) is 5.23. The molecular weight excluding hydrogens is 226 g/mol. The number of nitriles is 1. The molecule has 0 atom stereocenters. The Kier molecular flexibility index (Phi) is 3.17. The van der Waals surface area contributed by atoms with Crippen LogP contribution in [0.1, 0.15) is 11.3 Å². The van der Waals surface area contributed by atoms with Crippen molar-refractivity contribution in [1.82, 2.24) is 4.98 Å². The molecule has 1 heterocycles. The minimum Gasteiger partial charge on any atom is -0.340 e. The van der Waals surface area contributed by atoms with Gasteiger partial charge in [-0.3, -0.25) is 0 Å². The maximum Gasteiger partial charge on any atom is 0.236 e. The zero-order valence-corrected chi connectivity index (χ0v) is 9.68. The molecule has 5 nitrogen and oxygen atoms in total. The Bertz CT molecular complexity index is 668. The number of hydrogen-bond acceptors (Lipinski definition) is 3. The number of rotatable bonds is 2. The Hall–Kier alpha value is -2.92. The molecule has 0 bridgehead atoms. The van der Waals surface area contributed by atoms with Crippen LogP contribution in [0.4, 0.5) is 17.2 Å². The number of nitrogens with one attached hydrogen (secondary N) is 1. The van der Waals surface area contributed by atoms with Crippen molar-refractivity contribution in [3.8, 4) is 6.07 Å². The number of aromatic nitrogens is 1. The van der Waals surface area contributed by atoms with Crippen molar-refractivity contribution in [2.75, 3.05) is 0 Å². The first-order chi connectivity index (χ1) is 8.76. The minimum absolute atomic E-state index is 0.322. The van der Waals surface area contributed by atoms with Crippen molar-refractivity contribution in [2.45, 2.75) is 6.92 Å². The lowest BCUT2D eigenvalue weighted by Crippen LogP contribution is -1.73. The van der Waals surface area contributed by atoms with Crippen molar-refractivity contribution in [2.24, 2.45) is 10.2 Å². The van der Waals surface area contributed by atoms with E-state index >= 15 is 0 Å². The van der Waals surface area contributed by atoms with E-state index in [9.17, 15) is 0 Å². The maximum atomic E-state index is 8.88. The van der Waals surface area contributed by atoms with E-state index in [0.717, 1.165) is 0 Å². The van der Waals surface area contributed by atoms with Crippen LogP contribution in [0.2, 0.25) is 0 Å². The summed E-state index contributed by atoms with van der Waals surface area (Å²) in [5, 5.41) is 16.9. The molecule has 18 heavy (non-hydrogen) atoms. The quantitative estimate of drug-likeness (QED) is 0.616. The smallest absolute Gasteiger partial charge is 0.236 e. The number of aromatic amines is 1. The van der Waals surface area contributed by atoms with Crippen LogP contribution in [0, 0.1) is 24.8 Å². The van der Waals surface area contributed by atoms with Gasteiger partial charge in [-0.1, -0.05) is 18.2 Å². The molecule has 0 unspecified atom stereocenters. The zero-order valence-electron chi connectivity index (χ0n) is 9.68. The summed E-state index contributed by atoms with van der Waals surface area (Å²) in [6.45, 7) is 8.80. The highest BCUT2D eigenvalue weighted by Crippen LogP contribution is 2.34. The van der Waals surface area contributed by atoms with Crippen molar-refractivity contribution in [3.05, 3.63) is 53.0 Å². The second kappa shape index (κ2) is 4.94. The highest BCUT2D eigenvalue weighted by molar-refractivity contribution is 5.71. The Morgan fingerprint density at radius 1 is 1.28 bits per heavy atom. The Labute approximate surface area is 104 Å². The average Bonchev–Trinajstić information content (AvgIpc) is 2.73. The lowest BCUT2D eigenvalue weighted by Gasteiger charge is -1.90. The predicted molar refractivity (Wildman–Crippen MR) is 67.1 cm³/mol. The number of benzene rings is 1. The Morgan fingerprint density at radius 3 is 2.61 bits per heavy atom. The summed E-state index contributed by atoms with van der Waals surface area (Å²) in [6, 6.07) is 11.2. The summed E-state index contributed by atoms with van der Waals surface area (Å²) in [5.41, 5.74) is 1.99. The first-order valence-electron chi connectivity index (χ1n) is 5.23. The van der Waals surface area contributed by atoms with Gasteiger partial charge in [-0.05, 0) is 24.6 Å².